The lowest BCUT2D eigenvalue weighted by molar-refractivity contribution is -0.123. The molecule has 1 unspecified atom stereocenters. The molecule has 0 aromatic rings. The predicted molar refractivity (Wildman–Crippen MR) is 82.7 cm³/mol. The van der Waals surface area contributed by atoms with Crippen molar-refractivity contribution in [1.29, 1.82) is 0 Å². The Labute approximate surface area is 127 Å². The van der Waals surface area contributed by atoms with E-state index in [0.717, 1.165) is 0 Å². The van der Waals surface area contributed by atoms with Gasteiger partial charge in [0.05, 0.1) is 0 Å². The first-order chi connectivity index (χ1) is 9.08. The molecule has 0 saturated heterocycles. The maximum Gasteiger partial charge on any atom is 0.221 e. The largest absolute Gasteiger partial charge is 0.354 e. The lowest BCUT2D eigenvalue weighted by Gasteiger charge is -2.20. The fourth-order valence-electron chi connectivity index (χ4n) is 2.49. The normalized spacial score (nSPS) is 16.9. The quantitative estimate of drug-likeness (QED) is 0.621. The highest BCUT2D eigenvalue weighted by Gasteiger charge is 2.16. The SMILES string of the molecule is CC(N)CC(=O)NCCNC(=O)CC1CCCCC1.Cl. The van der Waals surface area contributed by atoms with Crippen LogP contribution in [0.4, 0.5) is 0 Å². The van der Waals surface area contributed by atoms with Gasteiger partial charge in [-0.25, -0.2) is 0 Å². The number of carbonyl (C=O) groups excluding carboxylic acids is 2. The van der Waals surface area contributed by atoms with E-state index in [1.54, 1.807) is 6.92 Å². The summed E-state index contributed by atoms with van der Waals surface area (Å²) in [6.45, 7) is 2.77. The molecule has 1 aliphatic carbocycles. The number of hydrogen-bond acceptors (Lipinski definition) is 3. The highest BCUT2D eigenvalue weighted by Crippen LogP contribution is 2.25. The molecule has 0 aliphatic heterocycles. The first kappa shape index (κ1) is 19.2. The summed E-state index contributed by atoms with van der Waals surface area (Å²) in [5, 5.41) is 5.59. The number of halogens is 1. The minimum absolute atomic E-state index is 0. The Morgan fingerprint density at radius 3 is 2.20 bits per heavy atom. The molecule has 5 nitrogen and oxygen atoms in total. The van der Waals surface area contributed by atoms with Crippen molar-refractivity contribution in [2.75, 3.05) is 13.1 Å². The molecule has 1 fully saturated rings. The van der Waals surface area contributed by atoms with E-state index in [2.05, 4.69) is 10.6 Å². The zero-order chi connectivity index (χ0) is 14.1. The van der Waals surface area contributed by atoms with Crippen molar-refractivity contribution in [3.05, 3.63) is 0 Å². The van der Waals surface area contributed by atoms with Crippen molar-refractivity contribution in [3.8, 4) is 0 Å². The van der Waals surface area contributed by atoms with Gasteiger partial charge in [0.2, 0.25) is 11.8 Å². The zero-order valence-corrected chi connectivity index (χ0v) is 13.1. The number of hydrogen-bond donors (Lipinski definition) is 3. The Balaban J connectivity index is 0.00000361. The Kier molecular flexibility index (Phi) is 10.5. The van der Waals surface area contributed by atoms with Gasteiger partial charge in [-0.15, -0.1) is 12.4 Å². The molecule has 0 aromatic heterocycles. The molecule has 0 bridgehead atoms. The highest BCUT2D eigenvalue weighted by molar-refractivity contribution is 5.85. The third kappa shape index (κ3) is 9.15. The molecule has 6 heteroatoms. The van der Waals surface area contributed by atoms with Gasteiger partial charge in [-0.2, -0.15) is 0 Å². The summed E-state index contributed by atoms with van der Waals surface area (Å²) in [4.78, 5) is 23.0. The van der Waals surface area contributed by atoms with Crippen molar-refractivity contribution in [1.82, 2.24) is 10.6 Å². The van der Waals surface area contributed by atoms with Gasteiger partial charge >= 0.3 is 0 Å². The number of carbonyl (C=O) groups is 2. The van der Waals surface area contributed by atoms with Crippen LogP contribution < -0.4 is 16.4 Å². The molecule has 2 amide bonds. The lowest BCUT2D eigenvalue weighted by atomic mass is 9.87. The summed E-state index contributed by atoms with van der Waals surface area (Å²) < 4.78 is 0. The molecule has 20 heavy (non-hydrogen) atoms. The van der Waals surface area contributed by atoms with E-state index < -0.39 is 0 Å². The second-order valence-electron chi connectivity index (χ2n) is 5.59. The Hall–Kier alpha value is -0.810. The van der Waals surface area contributed by atoms with Gasteiger partial charge in [-0.05, 0) is 25.7 Å². The molecular formula is C14H28ClN3O2. The van der Waals surface area contributed by atoms with Crippen molar-refractivity contribution < 1.29 is 9.59 Å². The predicted octanol–water partition coefficient (Wildman–Crippen LogP) is 1.35. The molecule has 4 N–H and O–H groups in total. The first-order valence-electron chi connectivity index (χ1n) is 7.37. The van der Waals surface area contributed by atoms with Gasteiger partial charge < -0.3 is 16.4 Å². The summed E-state index contributed by atoms with van der Waals surface area (Å²) in [5.41, 5.74) is 5.52. The monoisotopic (exact) mass is 305 g/mol. The minimum atomic E-state index is -0.124. The van der Waals surface area contributed by atoms with Crippen LogP contribution in [0, 0.1) is 5.92 Å². The van der Waals surface area contributed by atoms with E-state index in [1.165, 1.54) is 32.1 Å². The van der Waals surface area contributed by atoms with Crippen molar-refractivity contribution in [2.24, 2.45) is 11.7 Å². The smallest absolute Gasteiger partial charge is 0.221 e. The fraction of sp³-hybridized carbons (Fsp3) is 0.857. The maximum absolute atomic E-state index is 11.7. The summed E-state index contributed by atoms with van der Waals surface area (Å²) in [5.74, 6) is 0.603. The van der Waals surface area contributed by atoms with Gasteiger partial charge in [0.15, 0.2) is 0 Å². The van der Waals surface area contributed by atoms with Gasteiger partial charge in [0.25, 0.3) is 0 Å². The molecule has 0 heterocycles. The summed E-state index contributed by atoms with van der Waals surface area (Å²) in [6.07, 6.45) is 7.14. The molecule has 1 aliphatic rings. The van der Waals surface area contributed by atoms with Crippen LogP contribution in [0.5, 0.6) is 0 Å². The van der Waals surface area contributed by atoms with Crippen LogP contribution >= 0.6 is 12.4 Å². The third-order valence-corrected chi connectivity index (χ3v) is 3.48. The Morgan fingerprint density at radius 2 is 1.65 bits per heavy atom. The van der Waals surface area contributed by atoms with Gasteiger partial charge in [-0.1, -0.05) is 19.3 Å². The number of nitrogens with two attached hydrogens (primary N) is 1. The number of nitrogens with one attached hydrogen (secondary N) is 2. The molecular weight excluding hydrogens is 278 g/mol. The molecule has 1 rings (SSSR count). The second kappa shape index (κ2) is 10.9. The van der Waals surface area contributed by atoms with E-state index >= 15 is 0 Å². The van der Waals surface area contributed by atoms with Crippen LogP contribution in [0.2, 0.25) is 0 Å². The van der Waals surface area contributed by atoms with Crippen LogP contribution in [0.3, 0.4) is 0 Å². The topological polar surface area (TPSA) is 84.2 Å². The van der Waals surface area contributed by atoms with E-state index in [1.807, 2.05) is 0 Å². The van der Waals surface area contributed by atoms with Crippen molar-refractivity contribution >= 4 is 24.2 Å². The molecule has 0 aromatic carbocycles. The number of rotatable bonds is 7. The van der Waals surface area contributed by atoms with E-state index in [0.29, 0.717) is 31.8 Å². The van der Waals surface area contributed by atoms with E-state index in [4.69, 9.17) is 5.73 Å². The Morgan fingerprint density at radius 1 is 1.10 bits per heavy atom. The van der Waals surface area contributed by atoms with Crippen LogP contribution in [0.25, 0.3) is 0 Å². The fourth-order valence-corrected chi connectivity index (χ4v) is 2.49. The van der Waals surface area contributed by atoms with Crippen molar-refractivity contribution in [2.45, 2.75) is 57.9 Å². The van der Waals surface area contributed by atoms with Crippen LogP contribution in [0.15, 0.2) is 0 Å². The molecule has 118 valence electrons. The molecule has 1 saturated carbocycles. The zero-order valence-electron chi connectivity index (χ0n) is 12.3. The molecule has 0 spiro atoms. The minimum Gasteiger partial charge on any atom is -0.354 e. The van der Waals surface area contributed by atoms with Crippen LogP contribution in [-0.2, 0) is 9.59 Å². The summed E-state index contributed by atoms with van der Waals surface area (Å²) >= 11 is 0. The third-order valence-electron chi connectivity index (χ3n) is 3.48. The van der Waals surface area contributed by atoms with Gasteiger partial charge in [-0.3, -0.25) is 9.59 Å². The maximum atomic E-state index is 11.7. The van der Waals surface area contributed by atoms with Gasteiger partial charge in [0.1, 0.15) is 0 Å². The Bertz CT molecular complexity index is 292. The molecule has 0 radical (unpaired) electrons. The van der Waals surface area contributed by atoms with Crippen molar-refractivity contribution in [3.63, 3.8) is 0 Å². The first-order valence-corrected chi connectivity index (χ1v) is 7.37. The van der Waals surface area contributed by atoms with E-state index in [-0.39, 0.29) is 30.3 Å². The van der Waals surface area contributed by atoms with Crippen LogP contribution in [-0.4, -0.2) is 30.9 Å². The second-order valence-corrected chi connectivity index (χ2v) is 5.59. The number of amides is 2. The lowest BCUT2D eigenvalue weighted by Crippen LogP contribution is -2.37. The average Bonchev–Trinajstić information content (AvgIpc) is 2.35. The standard InChI is InChI=1S/C14H27N3O2.ClH/c1-11(15)9-13(18)16-7-8-17-14(19)10-12-5-3-2-4-6-12;/h11-12H,2-10,15H2,1H3,(H,16,18)(H,17,19);1H. The summed E-state index contributed by atoms with van der Waals surface area (Å²) in [7, 11) is 0. The summed E-state index contributed by atoms with van der Waals surface area (Å²) in [6, 6.07) is -0.124. The molecule has 1 atom stereocenters. The average molecular weight is 306 g/mol. The van der Waals surface area contributed by atoms with Crippen LogP contribution in [0.1, 0.15) is 51.9 Å². The van der Waals surface area contributed by atoms with Gasteiger partial charge in [0, 0.05) is 32.0 Å². The highest BCUT2D eigenvalue weighted by atomic mass is 35.5. The van der Waals surface area contributed by atoms with E-state index in [9.17, 15) is 9.59 Å².